The summed E-state index contributed by atoms with van der Waals surface area (Å²) in [5.41, 5.74) is 0.543. The second-order valence-corrected chi connectivity index (χ2v) is 6.67. The third-order valence-electron chi connectivity index (χ3n) is 3.61. The van der Waals surface area contributed by atoms with Crippen LogP contribution in [0.3, 0.4) is 0 Å². The van der Waals surface area contributed by atoms with Crippen LogP contribution < -0.4 is 5.32 Å². The molecule has 0 spiro atoms. The summed E-state index contributed by atoms with van der Waals surface area (Å²) in [5, 5.41) is 4.60. The fraction of sp³-hybridized carbons (Fsp3) is 0.333. The summed E-state index contributed by atoms with van der Waals surface area (Å²) in [4.78, 5) is 24.5. The van der Waals surface area contributed by atoms with Crippen LogP contribution in [0.5, 0.6) is 0 Å². The molecule has 1 atom stereocenters. The Kier molecular flexibility index (Phi) is 5.77. The second kappa shape index (κ2) is 7.59. The van der Waals surface area contributed by atoms with Gasteiger partial charge >= 0.3 is 5.97 Å². The Hall–Kier alpha value is -1.88. The zero-order valence-corrected chi connectivity index (χ0v) is 15.0. The van der Waals surface area contributed by atoms with Crippen LogP contribution in [0.1, 0.15) is 30.6 Å². The summed E-state index contributed by atoms with van der Waals surface area (Å²) in [6.07, 6.45) is 0.535. The summed E-state index contributed by atoms with van der Waals surface area (Å²) in [6, 6.07) is 10.6. The summed E-state index contributed by atoms with van der Waals surface area (Å²) in [5.74, 6) is -0.431. The van der Waals surface area contributed by atoms with E-state index in [-0.39, 0.29) is 11.8 Å². The molecule has 0 saturated heterocycles. The number of ether oxygens (including phenoxy) is 1. The van der Waals surface area contributed by atoms with E-state index in [4.69, 9.17) is 4.74 Å². The Balaban J connectivity index is 2.33. The van der Waals surface area contributed by atoms with Crippen molar-refractivity contribution in [3.05, 3.63) is 46.4 Å². The SMILES string of the molecule is COC(=O)[C@@H](CC(C)C)NC(=O)c1ccc(Br)c2ccccc12. The molecule has 122 valence electrons. The van der Waals surface area contributed by atoms with Gasteiger partial charge in [-0.05, 0) is 35.2 Å². The van der Waals surface area contributed by atoms with E-state index in [9.17, 15) is 9.59 Å². The van der Waals surface area contributed by atoms with Crippen molar-refractivity contribution in [3.8, 4) is 0 Å². The van der Waals surface area contributed by atoms with E-state index in [2.05, 4.69) is 21.2 Å². The summed E-state index contributed by atoms with van der Waals surface area (Å²) >= 11 is 3.49. The lowest BCUT2D eigenvalue weighted by Gasteiger charge is -2.19. The first kappa shape index (κ1) is 17.5. The Bertz CT molecular complexity index is 727. The van der Waals surface area contributed by atoms with Crippen molar-refractivity contribution in [2.24, 2.45) is 5.92 Å². The maximum atomic E-state index is 12.6. The van der Waals surface area contributed by atoms with Gasteiger partial charge in [0, 0.05) is 10.0 Å². The number of amides is 1. The van der Waals surface area contributed by atoms with Crippen molar-refractivity contribution >= 4 is 38.6 Å². The number of methoxy groups -OCH3 is 1. The number of rotatable bonds is 5. The Morgan fingerprint density at radius 2 is 1.78 bits per heavy atom. The molecule has 1 N–H and O–H groups in total. The second-order valence-electron chi connectivity index (χ2n) is 5.82. The number of benzene rings is 2. The van der Waals surface area contributed by atoms with Crippen molar-refractivity contribution < 1.29 is 14.3 Å². The lowest BCUT2D eigenvalue weighted by molar-refractivity contribution is -0.143. The molecular weight excluding hydrogens is 358 g/mol. The molecule has 1 amide bonds. The highest BCUT2D eigenvalue weighted by Gasteiger charge is 2.24. The van der Waals surface area contributed by atoms with E-state index >= 15 is 0 Å². The first-order chi connectivity index (χ1) is 10.9. The van der Waals surface area contributed by atoms with Gasteiger partial charge in [-0.3, -0.25) is 4.79 Å². The fourth-order valence-electron chi connectivity index (χ4n) is 2.52. The van der Waals surface area contributed by atoms with Gasteiger partial charge in [0.05, 0.1) is 7.11 Å². The van der Waals surface area contributed by atoms with Gasteiger partial charge < -0.3 is 10.1 Å². The largest absolute Gasteiger partial charge is 0.467 e. The van der Waals surface area contributed by atoms with Gasteiger partial charge in [-0.25, -0.2) is 4.79 Å². The number of nitrogens with one attached hydrogen (secondary N) is 1. The lowest BCUT2D eigenvalue weighted by atomic mass is 10.0. The molecule has 0 unspecified atom stereocenters. The molecule has 4 nitrogen and oxygen atoms in total. The van der Waals surface area contributed by atoms with E-state index in [0.29, 0.717) is 12.0 Å². The normalized spacial score (nSPS) is 12.2. The molecule has 0 aliphatic heterocycles. The Morgan fingerprint density at radius 3 is 2.39 bits per heavy atom. The minimum absolute atomic E-state index is 0.265. The molecule has 23 heavy (non-hydrogen) atoms. The van der Waals surface area contributed by atoms with Crippen LogP contribution in [-0.2, 0) is 9.53 Å². The number of halogens is 1. The average Bonchev–Trinajstić information content (AvgIpc) is 2.53. The maximum Gasteiger partial charge on any atom is 0.328 e. The molecule has 2 aromatic rings. The van der Waals surface area contributed by atoms with Gasteiger partial charge in [0.1, 0.15) is 6.04 Å². The number of hydrogen-bond acceptors (Lipinski definition) is 3. The molecule has 0 heterocycles. The summed E-state index contributed by atoms with van der Waals surface area (Å²) in [7, 11) is 1.33. The smallest absolute Gasteiger partial charge is 0.328 e. The molecule has 5 heteroatoms. The van der Waals surface area contributed by atoms with Gasteiger partial charge in [0.15, 0.2) is 0 Å². The molecule has 0 aliphatic rings. The molecule has 0 saturated carbocycles. The number of fused-ring (bicyclic) bond motifs is 1. The van der Waals surface area contributed by atoms with Gasteiger partial charge in [0.25, 0.3) is 5.91 Å². The third kappa shape index (κ3) is 4.10. The molecule has 0 fully saturated rings. The number of carbonyl (C=O) groups excluding carboxylic acids is 2. The van der Waals surface area contributed by atoms with Crippen LogP contribution in [0.25, 0.3) is 10.8 Å². The van der Waals surface area contributed by atoms with Crippen molar-refractivity contribution in [3.63, 3.8) is 0 Å². The molecule has 2 rings (SSSR count). The highest BCUT2D eigenvalue weighted by Crippen LogP contribution is 2.27. The first-order valence-corrected chi connectivity index (χ1v) is 8.29. The molecule has 0 bridgehead atoms. The number of esters is 1. The van der Waals surface area contributed by atoms with Gasteiger partial charge in [-0.1, -0.05) is 54.0 Å². The third-order valence-corrected chi connectivity index (χ3v) is 4.31. The summed E-state index contributed by atoms with van der Waals surface area (Å²) in [6.45, 7) is 3.99. The van der Waals surface area contributed by atoms with Crippen LogP contribution in [0.15, 0.2) is 40.9 Å². The predicted octanol–water partition coefficient (Wildman–Crippen LogP) is 3.92. The molecule has 0 aliphatic carbocycles. The highest BCUT2D eigenvalue weighted by atomic mass is 79.9. The summed E-state index contributed by atoms with van der Waals surface area (Å²) < 4.78 is 5.72. The average molecular weight is 378 g/mol. The van der Waals surface area contributed by atoms with Crippen LogP contribution >= 0.6 is 15.9 Å². The molecular formula is C18H20BrNO3. The van der Waals surface area contributed by atoms with Crippen molar-refractivity contribution in [1.29, 1.82) is 0 Å². The van der Waals surface area contributed by atoms with Crippen LogP contribution in [-0.4, -0.2) is 25.0 Å². The topological polar surface area (TPSA) is 55.4 Å². The Morgan fingerprint density at radius 1 is 1.13 bits per heavy atom. The van der Waals surface area contributed by atoms with E-state index in [0.717, 1.165) is 15.2 Å². The zero-order valence-electron chi connectivity index (χ0n) is 13.4. The predicted molar refractivity (Wildman–Crippen MR) is 94.4 cm³/mol. The minimum atomic E-state index is -0.644. The van der Waals surface area contributed by atoms with Gasteiger partial charge in [-0.15, -0.1) is 0 Å². The molecule has 0 aromatic heterocycles. The van der Waals surface area contributed by atoms with Gasteiger partial charge in [0.2, 0.25) is 0 Å². The van der Waals surface area contributed by atoms with E-state index in [1.54, 1.807) is 6.07 Å². The fourth-order valence-corrected chi connectivity index (χ4v) is 3.00. The van der Waals surface area contributed by atoms with Crippen LogP contribution in [0, 0.1) is 5.92 Å². The first-order valence-electron chi connectivity index (χ1n) is 7.50. The standard InChI is InChI=1S/C18H20BrNO3/c1-11(2)10-16(18(22)23-3)20-17(21)14-8-9-15(19)13-7-5-4-6-12(13)14/h4-9,11,16H,10H2,1-3H3,(H,20,21)/t16-/m1/s1. The highest BCUT2D eigenvalue weighted by molar-refractivity contribution is 9.10. The molecule has 0 radical (unpaired) electrons. The van der Waals surface area contributed by atoms with E-state index < -0.39 is 12.0 Å². The van der Waals surface area contributed by atoms with Crippen LogP contribution in [0.2, 0.25) is 0 Å². The van der Waals surface area contributed by atoms with E-state index in [1.807, 2.05) is 44.2 Å². The van der Waals surface area contributed by atoms with E-state index in [1.165, 1.54) is 7.11 Å². The lowest BCUT2D eigenvalue weighted by Crippen LogP contribution is -2.42. The van der Waals surface area contributed by atoms with Crippen molar-refractivity contribution in [1.82, 2.24) is 5.32 Å². The van der Waals surface area contributed by atoms with Crippen molar-refractivity contribution in [2.75, 3.05) is 7.11 Å². The Labute approximate surface area is 144 Å². The quantitative estimate of drug-likeness (QED) is 0.803. The monoisotopic (exact) mass is 377 g/mol. The van der Waals surface area contributed by atoms with Gasteiger partial charge in [-0.2, -0.15) is 0 Å². The maximum absolute atomic E-state index is 12.6. The number of hydrogen-bond donors (Lipinski definition) is 1. The molecule has 2 aromatic carbocycles. The minimum Gasteiger partial charge on any atom is -0.467 e. The van der Waals surface area contributed by atoms with Crippen molar-refractivity contribution in [2.45, 2.75) is 26.3 Å². The number of carbonyl (C=O) groups is 2. The zero-order chi connectivity index (χ0) is 17.0. The van der Waals surface area contributed by atoms with Crippen LogP contribution in [0.4, 0.5) is 0 Å².